The van der Waals surface area contributed by atoms with E-state index in [2.05, 4.69) is 39.5 Å². The van der Waals surface area contributed by atoms with E-state index in [1.54, 1.807) is 12.3 Å². The van der Waals surface area contributed by atoms with Crippen molar-refractivity contribution >= 4 is 5.97 Å². The average Bonchev–Trinajstić information content (AvgIpc) is 3.29. The molecule has 1 aliphatic rings. The molecule has 0 atom stereocenters. The second-order valence-corrected chi connectivity index (χ2v) is 7.88. The molecule has 12 heteroatoms. The number of nitrogens with zero attached hydrogens (tertiary/aromatic N) is 4. The molecule has 0 radical (unpaired) electrons. The van der Waals surface area contributed by atoms with E-state index in [0.29, 0.717) is 28.7 Å². The van der Waals surface area contributed by atoms with Crippen LogP contribution < -0.4 is 10.1 Å². The normalized spacial score (nSPS) is 12.9. The number of hydrogen-bond donors (Lipinski definition) is 2. The van der Waals surface area contributed by atoms with Crippen molar-refractivity contribution in [2.24, 2.45) is 0 Å². The molecule has 3 aromatic rings. The highest BCUT2D eigenvalue weighted by molar-refractivity contribution is 5.73. The number of nitrogens with one attached hydrogen (secondary N) is 1. The zero-order chi connectivity index (χ0) is 25.8. The minimum absolute atomic E-state index is 0.0670. The highest BCUT2D eigenvalue weighted by Crippen LogP contribution is 2.30. The quantitative estimate of drug-likeness (QED) is 0.557. The summed E-state index contributed by atoms with van der Waals surface area (Å²) in [5, 5.41) is 24.1. The van der Waals surface area contributed by atoms with Crippen molar-refractivity contribution < 1.29 is 32.3 Å². The molecule has 1 aliphatic heterocycles. The number of carbonyl (C=O) groups is 1. The van der Waals surface area contributed by atoms with Gasteiger partial charge in [-0.05, 0) is 56.5 Å². The summed E-state index contributed by atoms with van der Waals surface area (Å²) in [4.78, 5) is 17.7. The number of rotatable bonds is 4. The van der Waals surface area contributed by atoms with Gasteiger partial charge < -0.3 is 19.7 Å². The molecule has 0 fully saturated rings. The fourth-order valence-electron chi connectivity index (χ4n) is 3.42. The van der Waals surface area contributed by atoms with Crippen molar-refractivity contribution in [1.82, 2.24) is 20.4 Å². The first-order valence-electron chi connectivity index (χ1n) is 10.5. The number of aromatic nitrogens is 3. The Balaban J connectivity index is 0.000000429. The molecule has 0 saturated heterocycles. The highest BCUT2D eigenvalue weighted by Gasteiger charge is 2.38. The van der Waals surface area contributed by atoms with Gasteiger partial charge in [0.1, 0.15) is 11.6 Å². The van der Waals surface area contributed by atoms with Crippen molar-refractivity contribution in [3.8, 4) is 34.8 Å². The van der Waals surface area contributed by atoms with Gasteiger partial charge in [-0.15, -0.1) is 0 Å². The standard InChI is InChI=1S/C21H21N5O2.C2HF3O2/c1-12(2)27-20-15(9-22)8-16(11-24-20)21-25-19(26-28-21)18-5-4-14-10-23-7-6-17(14)13(18)3;3-2(4,5)1(6)7/h4-5,8,11-12,23H,6-7,10H2,1-3H3;(H,6,7). The molecule has 2 aromatic heterocycles. The lowest BCUT2D eigenvalue weighted by molar-refractivity contribution is -0.192. The molecule has 0 amide bonds. The first-order valence-corrected chi connectivity index (χ1v) is 10.5. The number of benzene rings is 1. The van der Waals surface area contributed by atoms with Crippen molar-refractivity contribution in [2.45, 2.75) is 46.0 Å². The van der Waals surface area contributed by atoms with Crippen molar-refractivity contribution in [3.05, 3.63) is 46.6 Å². The lowest BCUT2D eigenvalue weighted by Gasteiger charge is -2.20. The van der Waals surface area contributed by atoms with Crippen molar-refractivity contribution in [3.63, 3.8) is 0 Å². The predicted molar refractivity (Wildman–Crippen MR) is 117 cm³/mol. The Morgan fingerprint density at radius 2 is 2.06 bits per heavy atom. The zero-order valence-corrected chi connectivity index (χ0v) is 19.1. The molecule has 3 heterocycles. The minimum Gasteiger partial charge on any atom is -0.475 e. The summed E-state index contributed by atoms with van der Waals surface area (Å²) in [6, 6.07) is 7.92. The second-order valence-electron chi connectivity index (χ2n) is 7.88. The van der Waals surface area contributed by atoms with Crippen molar-refractivity contribution in [1.29, 1.82) is 5.26 Å². The SMILES string of the molecule is Cc1c(-c2noc(-c3cnc(OC(C)C)c(C#N)c3)n2)ccc2c1CCNC2.O=C(O)C(F)(F)F. The third-order valence-corrected chi connectivity index (χ3v) is 5.04. The Labute approximate surface area is 198 Å². The van der Waals surface area contributed by atoms with Gasteiger partial charge >= 0.3 is 12.1 Å². The monoisotopic (exact) mass is 489 g/mol. The van der Waals surface area contributed by atoms with Gasteiger partial charge in [0.15, 0.2) is 0 Å². The van der Waals surface area contributed by atoms with E-state index < -0.39 is 12.1 Å². The van der Waals surface area contributed by atoms with Gasteiger partial charge in [-0.1, -0.05) is 17.3 Å². The zero-order valence-electron chi connectivity index (χ0n) is 19.1. The number of halogens is 3. The minimum atomic E-state index is -5.08. The summed E-state index contributed by atoms with van der Waals surface area (Å²) in [6.07, 6.45) is -2.57. The fraction of sp³-hybridized carbons (Fsp3) is 0.348. The molecule has 9 nitrogen and oxygen atoms in total. The summed E-state index contributed by atoms with van der Waals surface area (Å²) >= 11 is 0. The summed E-state index contributed by atoms with van der Waals surface area (Å²) in [7, 11) is 0. The number of hydrogen-bond acceptors (Lipinski definition) is 8. The lowest BCUT2D eigenvalue weighted by Crippen LogP contribution is -2.24. The lowest BCUT2D eigenvalue weighted by atomic mass is 9.92. The molecular weight excluding hydrogens is 467 g/mol. The van der Waals surface area contributed by atoms with Crippen LogP contribution in [-0.4, -0.2) is 45.0 Å². The largest absolute Gasteiger partial charge is 0.490 e. The molecule has 2 N–H and O–H groups in total. The number of pyridine rings is 1. The van der Waals surface area contributed by atoms with Crippen LogP contribution in [0.15, 0.2) is 28.9 Å². The first-order chi connectivity index (χ1) is 16.5. The Kier molecular flexibility index (Phi) is 7.71. The molecule has 184 valence electrons. The van der Waals surface area contributed by atoms with Gasteiger partial charge in [-0.25, -0.2) is 9.78 Å². The Morgan fingerprint density at radius 3 is 2.69 bits per heavy atom. The maximum absolute atomic E-state index is 10.6. The van der Waals surface area contributed by atoms with Crippen LogP contribution in [0.2, 0.25) is 0 Å². The van der Waals surface area contributed by atoms with E-state index >= 15 is 0 Å². The number of carboxylic acids is 1. The Morgan fingerprint density at radius 1 is 1.34 bits per heavy atom. The van der Waals surface area contributed by atoms with Crippen LogP contribution in [0.4, 0.5) is 13.2 Å². The van der Waals surface area contributed by atoms with E-state index in [1.807, 2.05) is 19.9 Å². The van der Waals surface area contributed by atoms with Crippen LogP contribution >= 0.6 is 0 Å². The topological polar surface area (TPSA) is 134 Å². The Hall–Kier alpha value is -3.98. The van der Waals surface area contributed by atoms with Crippen molar-refractivity contribution in [2.75, 3.05) is 6.54 Å². The van der Waals surface area contributed by atoms with E-state index in [-0.39, 0.29) is 6.10 Å². The molecular formula is C23H22F3N5O4. The number of alkyl halides is 3. The van der Waals surface area contributed by atoms with Crippen LogP contribution in [0.25, 0.3) is 22.8 Å². The predicted octanol–water partition coefficient (Wildman–Crippen LogP) is 4.04. The molecule has 1 aromatic carbocycles. The van der Waals surface area contributed by atoms with Gasteiger partial charge in [0, 0.05) is 18.3 Å². The number of fused-ring (bicyclic) bond motifs is 1. The Bertz CT molecular complexity index is 1270. The average molecular weight is 489 g/mol. The van der Waals surface area contributed by atoms with Gasteiger partial charge in [0.25, 0.3) is 5.89 Å². The summed E-state index contributed by atoms with van der Waals surface area (Å²) in [6.45, 7) is 7.74. The molecule has 35 heavy (non-hydrogen) atoms. The van der Waals surface area contributed by atoms with Gasteiger partial charge in [0.2, 0.25) is 11.7 Å². The molecule has 0 unspecified atom stereocenters. The number of ether oxygens (including phenoxy) is 1. The summed E-state index contributed by atoms with van der Waals surface area (Å²) in [5.41, 5.74) is 5.74. The van der Waals surface area contributed by atoms with Gasteiger partial charge in [-0.2, -0.15) is 23.4 Å². The van der Waals surface area contributed by atoms with Crippen LogP contribution in [0.5, 0.6) is 5.88 Å². The molecule has 4 rings (SSSR count). The van der Waals surface area contributed by atoms with Crippen LogP contribution in [0.3, 0.4) is 0 Å². The number of aliphatic carboxylic acids is 1. The summed E-state index contributed by atoms with van der Waals surface area (Å²) in [5.74, 6) is -1.59. The van der Waals surface area contributed by atoms with Gasteiger partial charge in [0.05, 0.1) is 11.7 Å². The van der Waals surface area contributed by atoms with E-state index in [0.717, 1.165) is 25.1 Å². The van der Waals surface area contributed by atoms with Crippen LogP contribution in [0, 0.1) is 18.3 Å². The second kappa shape index (κ2) is 10.5. The number of carboxylic acid groups (broad SMARTS) is 1. The van der Waals surface area contributed by atoms with E-state index in [9.17, 15) is 18.4 Å². The first kappa shape index (κ1) is 25.6. The molecule has 0 bridgehead atoms. The van der Waals surface area contributed by atoms with Gasteiger partial charge in [-0.3, -0.25) is 0 Å². The van der Waals surface area contributed by atoms with Crippen LogP contribution in [-0.2, 0) is 17.8 Å². The molecule has 0 spiro atoms. The fourth-order valence-corrected chi connectivity index (χ4v) is 3.42. The third-order valence-electron chi connectivity index (χ3n) is 5.04. The van der Waals surface area contributed by atoms with E-state index in [4.69, 9.17) is 19.2 Å². The van der Waals surface area contributed by atoms with E-state index in [1.165, 1.54) is 16.7 Å². The highest BCUT2D eigenvalue weighted by atomic mass is 19.4. The van der Waals surface area contributed by atoms with Crippen LogP contribution in [0.1, 0.15) is 36.1 Å². The maximum atomic E-state index is 10.6. The maximum Gasteiger partial charge on any atom is 0.490 e. The smallest absolute Gasteiger partial charge is 0.475 e. The number of nitriles is 1. The molecule has 0 aliphatic carbocycles. The third kappa shape index (κ3) is 6.13. The molecule has 0 saturated carbocycles. The summed E-state index contributed by atoms with van der Waals surface area (Å²) < 4.78 is 42.8.